The molecule has 1 saturated heterocycles. The van der Waals surface area contributed by atoms with E-state index in [-0.39, 0.29) is 30.2 Å². The summed E-state index contributed by atoms with van der Waals surface area (Å²) in [7, 11) is 0. The van der Waals surface area contributed by atoms with Crippen molar-refractivity contribution in [3.05, 3.63) is 0 Å². The third kappa shape index (κ3) is 9.66. The van der Waals surface area contributed by atoms with Crippen molar-refractivity contribution in [1.29, 1.82) is 0 Å². The van der Waals surface area contributed by atoms with Gasteiger partial charge in [-0.05, 0) is 55.3 Å². The number of amides is 6. The Morgan fingerprint density at radius 2 is 1.38 bits per heavy atom. The lowest BCUT2D eigenvalue weighted by atomic mass is 9.80. The summed E-state index contributed by atoms with van der Waals surface area (Å²) in [6, 6.07) is -4.47. The van der Waals surface area contributed by atoms with Crippen LogP contribution in [0.15, 0.2) is 0 Å². The van der Waals surface area contributed by atoms with Gasteiger partial charge in [0.1, 0.15) is 18.1 Å². The number of carbonyl (C=O) groups excluding carboxylic acids is 6. The molecule has 5 N–H and O–H groups in total. The molecule has 2 aliphatic rings. The summed E-state index contributed by atoms with van der Waals surface area (Å²) in [5, 5.41) is 8.43. The van der Waals surface area contributed by atoms with Crippen LogP contribution in [0.25, 0.3) is 0 Å². The molecule has 1 aliphatic heterocycles. The minimum atomic E-state index is -1.10. The van der Waals surface area contributed by atoms with Crippen molar-refractivity contribution in [1.82, 2.24) is 25.8 Å². The maximum Gasteiger partial charge on any atom is 0.316 e. The van der Waals surface area contributed by atoms with E-state index in [4.69, 9.17) is 5.73 Å². The zero-order valence-electron chi connectivity index (χ0n) is 29.1. The summed E-state index contributed by atoms with van der Waals surface area (Å²) in [5.41, 5.74) is 3.98. The predicted octanol–water partition coefficient (Wildman–Crippen LogP) is 2.59. The Morgan fingerprint density at radius 3 is 1.80 bits per heavy atom. The summed E-state index contributed by atoms with van der Waals surface area (Å²) in [6.45, 7) is 20.1. The van der Waals surface area contributed by atoms with Crippen LogP contribution in [0, 0.1) is 28.6 Å². The summed E-state index contributed by atoms with van der Waals surface area (Å²) >= 11 is 0. The van der Waals surface area contributed by atoms with Crippen LogP contribution in [-0.4, -0.2) is 89.0 Å². The van der Waals surface area contributed by atoms with Crippen LogP contribution in [0.3, 0.4) is 0 Å². The van der Waals surface area contributed by atoms with Crippen molar-refractivity contribution in [2.45, 2.75) is 126 Å². The Morgan fingerprint density at radius 1 is 0.844 bits per heavy atom. The first-order chi connectivity index (χ1) is 20.7. The van der Waals surface area contributed by atoms with Crippen LogP contribution in [0.2, 0.25) is 0 Å². The molecule has 6 amide bonds. The van der Waals surface area contributed by atoms with E-state index in [9.17, 15) is 28.8 Å². The molecule has 5 atom stereocenters. The fourth-order valence-electron chi connectivity index (χ4n) is 6.30. The van der Waals surface area contributed by atoms with Crippen molar-refractivity contribution >= 4 is 35.4 Å². The second-order valence-electron chi connectivity index (χ2n) is 15.2. The summed E-state index contributed by atoms with van der Waals surface area (Å²) in [6.07, 6.45) is 3.75. The van der Waals surface area contributed by atoms with E-state index in [1.807, 2.05) is 69.2 Å². The van der Waals surface area contributed by atoms with E-state index in [1.165, 1.54) is 4.90 Å². The second-order valence-corrected chi connectivity index (χ2v) is 15.2. The third-order valence-electron chi connectivity index (χ3n) is 9.37. The number of likely N-dealkylation sites (tertiary alicyclic amines) is 1. The van der Waals surface area contributed by atoms with Gasteiger partial charge in [-0.25, -0.2) is 4.79 Å². The van der Waals surface area contributed by atoms with Crippen LogP contribution in [0.5, 0.6) is 0 Å². The number of nitrogens with zero attached hydrogens (tertiary/aromatic N) is 2. The van der Waals surface area contributed by atoms with E-state index < -0.39 is 64.5 Å². The molecule has 0 aromatic heterocycles. The molecule has 12 nitrogen and oxygen atoms in total. The van der Waals surface area contributed by atoms with Gasteiger partial charge in [-0.1, -0.05) is 74.7 Å². The van der Waals surface area contributed by atoms with Crippen LogP contribution < -0.4 is 21.7 Å². The molecule has 1 saturated carbocycles. The average Bonchev–Trinajstić information content (AvgIpc) is 3.36. The van der Waals surface area contributed by atoms with Gasteiger partial charge in [0.25, 0.3) is 5.91 Å². The van der Waals surface area contributed by atoms with Crippen LogP contribution in [0.1, 0.15) is 101 Å². The van der Waals surface area contributed by atoms with Gasteiger partial charge in [0, 0.05) is 19.6 Å². The first kappa shape index (κ1) is 38.0. The van der Waals surface area contributed by atoms with Gasteiger partial charge < -0.3 is 31.5 Å². The van der Waals surface area contributed by atoms with E-state index in [0.29, 0.717) is 25.9 Å². The van der Waals surface area contributed by atoms with Crippen molar-refractivity contribution < 1.29 is 28.8 Å². The molecule has 1 heterocycles. The number of hydrogen-bond acceptors (Lipinski definition) is 6. The molecular formula is C33H58N6O6. The van der Waals surface area contributed by atoms with Gasteiger partial charge in [0.15, 0.2) is 0 Å². The van der Waals surface area contributed by atoms with Gasteiger partial charge >= 0.3 is 6.03 Å². The number of primary amides is 1. The molecule has 0 aromatic carbocycles. The van der Waals surface area contributed by atoms with Crippen molar-refractivity contribution in [3.8, 4) is 0 Å². The number of nitrogens with one attached hydrogen (secondary N) is 3. The Hall–Kier alpha value is -3.18. The highest BCUT2D eigenvalue weighted by Gasteiger charge is 2.48. The lowest BCUT2D eigenvalue weighted by molar-refractivity contribution is -0.144. The minimum Gasteiger partial charge on any atom is -0.363 e. The van der Waals surface area contributed by atoms with Gasteiger partial charge in [0.05, 0.1) is 6.04 Å². The molecule has 45 heavy (non-hydrogen) atoms. The molecule has 2 unspecified atom stereocenters. The summed E-state index contributed by atoms with van der Waals surface area (Å²) < 4.78 is 0. The molecule has 256 valence electrons. The van der Waals surface area contributed by atoms with Gasteiger partial charge in [-0.2, -0.15) is 0 Å². The number of rotatable bonds is 13. The Balaban J connectivity index is 2.35. The molecule has 12 heteroatoms. The van der Waals surface area contributed by atoms with Crippen LogP contribution in [0.4, 0.5) is 4.79 Å². The quantitative estimate of drug-likeness (QED) is 0.227. The highest BCUT2D eigenvalue weighted by molar-refractivity contribution is 6.37. The highest BCUT2D eigenvalue weighted by Crippen LogP contribution is 2.34. The first-order valence-corrected chi connectivity index (χ1v) is 16.5. The van der Waals surface area contributed by atoms with Crippen molar-refractivity contribution in [2.75, 3.05) is 19.6 Å². The zero-order chi connectivity index (χ0) is 34.4. The monoisotopic (exact) mass is 634 g/mol. The molecule has 2 fully saturated rings. The summed E-state index contributed by atoms with van der Waals surface area (Å²) in [4.78, 5) is 82.6. The molecule has 0 aromatic rings. The molecule has 2 rings (SSSR count). The second kappa shape index (κ2) is 15.4. The van der Waals surface area contributed by atoms with Crippen LogP contribution >= 0.6 is 0 Å². The molecule has 0 spiro atoms. The maximum absolute atomic E-state index is 14.3. The molecule has 0 bridgehead atoms. The first-order valence-electron chi connectivity index (χ1n) is 16.5. The fraction of sp³-hybridized carbons (Fsp3) is 0.818. The molecular weight excluding hydrogens is 576 g/mol. The SMILES string of the molecule is CCN(CC)C(=O)C(NC(=O)N[C@H](C(=O)N1CC[C@H](C(C)C)[C@H]1C(=O)NC(CC1CCC1)C(=O)C(N)=O)C(C)(C)C)C(C)(C)C. The molecule has 0 radical (unpaired) electrons. The van der Waals surface area contributed by atoms with Crippen molar-refractivity contribution in [2.24, 2.45) is 34.3 Å². The number of urea groups is 1. The number of likely N-dealkylation sites (N-methyl/N-ethyl adjacent to an activating group) is 1. The lowest BCUT2D eigenvalue weighted by Crippen LogP contribution is -2.63. The van der Waals surface area contributed by atoms with Gasteiger partial charge in [0.2, 0.25) is 23.5 Å². The fourth-order valence-corrected chi connectivity index (χ4v) is 6.30. The number of carbonyl (C=O) groups is 6. The number of Topliss-reactive ketones (excluding diaryl/α,β-unsaturated/α-hetero) is 1. The van der Waals surface area contributed by atoms with E-state index in [2.05, 4.69) is 16.0 Å². The average molecular weight is 635 g/mol. The standard InChI is InChI=1S/C33H58N6O6/c1-11-38(12-2)29(43)25(32(5,6)7)36-31(45)37-26(33(8,9)10)30(44)39-17-16-21(19(3)4)23(39)28(42)35-22(24(40)27(34)41)18-20-14-13-15-20/h19-23,25-26H,11-18H2,1-10H3,(H2,34,41)(H,35,42)(H2,36,37,45)/t21-,22?,23+,25?,26-/m1/s1. The van der Waals surface area contributed by atoms with Gasteiger partial charge in [-0.15, -0.1) is 0 Å². The number of nitrogens with two attached hydrogens (primary N) is 1. The van der Waals surface area contributed by atoms with E-state index >= 15 is 0 Å². The topological polar surface area (TPSA) is 171 Å². The maximum atomic E-state index is 14.3. The van der Waals surface area contributed by atoms with Crippen molar-refractivity contribution in [3.63, 3.8) is 0 Å². The predicted molar refractivity (Wildman–Crippen MR) is 173 cm³/mol. The Labute approximate surface area is 269 Å². The Kier molecular flexibility index (Phi) is 13.0. The minimum absolute atomic E-state index is 0.0402. The number of ketones is 1. The Bertz CT molecular complexity index is 1100. The van der Waals surface area contributed by atoms with Gasteiger partial charge in [-0.3, -0.25) is 24.0 Å². The lowest BCUT2D eigenvalue weighted by Gasteiger charge is -2.38. The van der Waals surface area contributed by atoms with E-state index in [1.54, 1.807) is 4.90 Å². The highest BCUT2D eigenvalue weighted by atomic mass is 16.2. The normalized spacial score (nSPS) is 20.9. The number of hydrogen-bond donors (Lipinski definition) is 4. The van der Waals surface area contributed by atoms with Crippen LogP contribution in [-0.2, 0) is 24.0 Å². The molecule has 1 aliphatic carbocycles. The largest absolute Gasteiger partial charge is 0.363 e. The third-order valence-corrected chi connectivity index (χ3v) is 9.37. The van der Waals surface area contributed by atoms with E-state index in [0.717, 1.165) is 19.3 Å². The summed E-state index contributed by atoms with van der Waals surface area (Å²) in [5.74, 6) is -3.03. The zero-order valence-corrected chi connectivity index (χ0v) is 29.1. The smallest absolute Gasteiger partial charge is 0.316 e.